The van der Waals surface area contributed by atoms with E-state index in [0.717, 1.165) is 24.3 Å². The van der Waals surface area contributed by atoms with Gasteiger partial charge in [0.15, 0.2) is 0 Å². The minimum atomic E-state index is -0.223. The number of carbonyl (C=O) groups excluding carboxylic acids is 2. The normalized spacial score (nSPS) is 21.0. The van der Waals surface area contributed by atoms with Gasteiger partial charge in [-0.15, -0.1) is 0 Å². The Hall–Kier alpha value is -2.82. The first-order valence-corrected chi connectivity index (χ1v) is 9.68. The number of nitrogens with zero attached hydrogens (tertiary/aromatic N) is 1. The van der Waals surface area contributed by atoms with Crippen LogP contribution in [0.4, 0.5) is 11.4 Å². The molecule has 140 valence electrons. The number of benzene rings is 2. The number of hydrogen-bond acceptors (Lipinski definition) is 3. The summed E-state index contributed by atoms with van der Waals surface area (Å²) in [5.74, 6) is -0.538. The molecule has 5 nitrogen and oxygen atoms in total. The molecule has 0 radical (unpaired) electrons. The minimum absolute atomic E-state index is 0.0385. The first-order valence-electron chi connectivity index (χ1n) is 9.68. The average Bonchev–Trinajstić information content (AvgIpc) is 3.33. The molecule has 0 spiro atoms. The van der Waals surface area contributed by atoms with Crippen LogP contribution in [0.15, 0.2) is 54.6 Å². The third kappa shape index (κ3) is 4.30. The summed E-state index contributed by atoms with van der Waals surface area (Å²) in [6, 6.07) is 17.8. The largest absolute Gasteiger partial charge is 0.372 e. The Morgan fingerprint density at radius 3 is 2.26 bits per heavy atom. The predicted octanol–water partition coefficient (Wildman–Crippen LogP) is 3.18. The lowest BCUT2D eigenvalue weighted by Gasteiger charge is -2.17. The van der Waals surface area contributed by atoms with Crippen molar-refractivity contribution in [2.45, 2.75) is 25.8 Å². The molecule has 27 heavy (non-hydrogen) atoms. The lowest BCUT2D eigenvalue weighted by molar-refractivity contribution is -0.125. The van der Waals surface area contributed by atoms with E-state index in [9.17, 15) is 9.59 Å². The quantitative estimate of drug-likeness (QED) is 0.829. The van der Waals surface area contributed by atoms with Crippen molar-refractivity contribution in [1.82, 2.24) is 5.32 Å². The second kappa shape index (κ2) is 7.82. The standard InChI is InChI=1S/C22H25N3O2/c26-21(23-15-16-6-2-1-3-7-16)19-14-20(19)22(27)24-17-8-10-18(11-9-17)25-12-4-5-13-25/h1-3,6-11,19-20H,4-5,12-15H2,(H,23,26)(H,24,27). The van der Waals surface area contributed by atoms with Crippen molar-refractivity contribution < 1.29 is 9.59 Å². The van der Waals surface area contributed by atoms with Gasteiger partial charge in [-0.25, -0.2) is 0 Å². The van der Waals surface area contributed by atoms with Crippen LogP contribution in [-0.4, -0.2) is 24.9 Å². The SMILES string of the molecule is O=C(NCc1ccccc1)C1CC1C(=O)Nc1ccc(N2CCCC2)cc1. The monoisotopic (exact) mass is 363 g/mol. The van der Waals surface area contributed by atoms with Crippen LogP contribution in [0.1, 0.15) is 24.8 Å². The van der Waals surface area contributed by atoms with Gasteiger partial charge >= 0.3 is 0 Å². The van der Waals surface area contributed by atoms with Crippen molar-refractivity contribution in [2.75, 3.05) is 23.3 Å². The van der Waals surface area contributed by atoms with Crippen LogP contribution < -0.4 is 15.5 Å². The number of carbonyl (C=O) groups is 2. The number of anilines is 2. The average molecular weight is 363 g/mol. The van der Waals surface area contributed by atoms with Crippen LogP contribution in [0.25, 0.3) is 0 Å². The second-order valence-corrected chi connectivity index (χ2v) is 7.38. The molecule has 1 heterocycles. The van der Waals surface area contributed by atoms with E-state index in [1.807, 2.05) is 42.5 Å². The summed E-state index contributed by atoms with van der Waals surface area (Å²) < 4.78 is 0. The fourth-order valence-corrected chi connectivity index (χ4v) is 3.66. The maximum absolute atomic E-state index is 12.4. The Balaban J connectivity index is 1.25. The van der Waals surface area contributed by atoms with Crippen LogP contribution in [0.5, 0.6) is 0 Å². The first kappa shape index (κ1) is 17.6. The fraction of sp³-hybridized carbons (Fsp3) is 0.364. The first-order chi connectivity index (χ1) is 13.2. The third-order valence-electron chi connectivity index (χ3n) is 5.38. The smallest absolute Gasteiger partial charge is 0.228 e. The third-order valence-corrected chi connectivity index (χ3v) is 5.38. The molecule has 1 saturated heterocycles. The minimum Gasteiger partial charge on any atom is -0.372 e. The summed E-state index contributed by atoms with van der Waals surface area (Å²) in [6.07, 6.45) is 3.11. The summed E-state index contributed by atoms with van der Waals surface area (Å²) in [6.45, 7) is 2.71. The van der Waals surface area contributed by atoms with Gasteiger partial charge in [-0.2, -0.15) is 0 Å². The summed E-state index contributed by atoms with van der Waals surface area (Å²) in [5, 5.41) is 5.87. The Bertz CT molecular complexity index is 798. The van der Waals surface area contributed by atoms with Gasteiger partial charge in [0.2, 0.25) is 11.8 Å². The van der Waals surface area contributed by atoms with E-state index >= 15 is 0 Å². The lowest BCUT2D eigenvalue weighted by atomic mass is 10.2. The molecule has 2 aromatic rings. The molecule has 2 aliphatic rings. The molecule has 2 unspecified atom stereocenters. The van der Waals surface area contributed by atoms with E-state index in [1.165, 1.54) is 18.5 Å². The van der Waals surface area contributed by atoms with Crippen molar-refractivity contribution in [3.05, 3.63) is 60.2 Å². The molecule has 4 rings (SSSR count). The van der Waals surface area contributed by atoms with Gasteiger partial charge in [-0.05, 0) is 49.1 Å². The molecule has 2 N–H and O–H groups in total. The topological polar surface area (TPSA) is 61.4 Å². The van der Waals surface area contributed by atoms with Gasteiger partial charge in [-0.3, -0.25) is 9.59 Å². The Kier molecular flexibility index (Phi) is 5.10. The molecule has 1 aliphatic carbocycles. The highest BCUT2D eigenvalue weighted by molar-refractivity contribution is 5.99. The molecule has 0 bridgehead atoms. The summed E-state index contributed by atoms with van der Waals surface area (Å²) in [7, 11) is 0. The zero-order valence-corrected chi connectivity index (χ0v) is 15.4. The molecule has 0 aromatic heterocycles. The molecule has 2 atom stereocenters. The van der Waals surface area contributed by atoms with E-state index < -0.39 is 0 Å². The lowest BCUT2D eigenvalue weighted by Crippen LogP contribution is -2.27. The Morgan fingerprint density at radius 2 is 1.56 bits per heavy atom. The summed E-state index contributed by atoms with van der Waals surface area (Å²) in [5.41, 5.74) is 3.05. The number of hydrogen-bond donors (Lipinski definition) is 2. The molecule has 2 fully saturated rings. The van der Waals surface area contributed by atoms with Gasteiger partial charge in [0, 0.05) is 31.0 Å². The molecular weight excluding hydrogens is 338 g/mol. The summed E-state index contributed by atoms with van der Waals surface area (Å²) in [4.78, 5) is 27.0. The van der Waals surface area contributed by atoms with Gasteiger partial charge in [0.05, 0.1) is 11.8 Å². The van der Waals surface area contributed by atoms with Gasteiger partial charge in [0.25, 0.3) is 0 Å². The zero-order valence-electron chi connectivity index (χ0n) is 15.4. The van der Waals surface area contributed by atoms with E-state index in [1.54, 1.807) is 0 Å². The molecular formula is C22H25N3O2. The highest BCUT2D eigenvalue weighted by Crippen LogP contribution is 2.39. The van der Waals surface area contributed by atoms with Crippen LogP contribution in [-0.2, 0) is 16.1 Å². The molecule has 5 heteroatoms. The zero-order chi connectivity index (χ0) is 18.6. The van der Waals surface area contributed by atoms with Crippen molar-refractivity contribution in [3.8, 4) is 0 Å². The summed E-state index contributed by atoms with van der Waals surface area (Å²) >= 11 is 0. The molecule has 2 aromatic carbocycles. The maximum atomic E-state index is 12.4. The van der Waals surface area contributed by atoms with Crippen molar-refractivity contribution in [1.29, 1.82) is 0 Å². The van der Waals surface area contributed by atoms with Crippen molar-refractivity contribution >= 4 is 23.2 Å². The number of amides is 2. The van der Waals surface area contributed by atoms with Crippen LogP contribution in [0.3, 0.4) is 0 Å². The second-order valence-electron chi connectivity index (χ2n) is 7.38. The van der Waals surface area contributed by atoms with Crippen molar-refractivity contribution in [2.24, 2.45) is 11.8 Å². The van der Waals surface area contributed by atoms with E-state index in [0.29, 0.717) is 13.0 Å². The number of nitrogens with one attached hydrogen (secondary N) is 2. The number of rotatable bonds is 6. The molecule has 2 amide bonds. The van der Waals surface area contributed by atoms with Crippen LogP contribution >= 0.6 is 0 Å². The van der Waals surface area contributed by atoms with Gasteiger partial charge < -0.3 is 15.5 Å². The Morgan fingerprint density at radius 1 is 0.889 bits per heavy atom. The van der Waals surface area contributed by atoms with Crippen LogP contribution in [0.2, 0.25) is 0 Å². The van der Waals surface area contributed by atoms with Gasteiger partial charge in [0.1, 0.15) is 0 Å². The van der Waals surface area contributed by atoms with E-state index in [-0.39, 0.29) is 23.7 Å². The maximum Gasteiger partial charge on any atom is 0.228 e. The molecule has 1 saturated carbocycles. The van der Waals surface area contributed by atoms with Gasteiger partial charge in [-0.1, -0.05) is 30.3 Å². The fourth-order valence-electron chi connectivity index (χ4n) is 3.66. The molecule has 1 aliphatic heterocycles. The van der Waals surface area contributed by atoms with Crippen LogP contribution in [0, 0.1) is 11.8 Å². The highest BCUT2D eigenvalue weighted by atomic mass is 16.2. The van der Waals surface area contributed by atoms with E-state index in [4.69, 9.17) is 0 Å². The highest BCUT2D eigenvalue weighted by Gasteiger charge is 2.47. The van der Waals surface area contributed by atoms with Crippen molar-refractivity contribution in [3.63, 3.8) is 0 Å². The Labute approximate surface area is 159 Å². The predicted molar refractivity (Wildman–Crippen MR) is 106 cm³/mol. The van der Waals surface area contributed by atoms with E-state index in [2.05, 4.69) is 27.7 Å².